The van der Waals surface area contributed by atoms with E-state index in [4.69, 9.17) is 9.90 Å². The quantitative estimate of drug-likeness (QED) is 0.491. The summed E-state index contributed by atoms with van der Waals surface area (Å²) in [5.74, 6) is -1.08. The van der Waals surface area contributed by atoms with Gasteiger partial charge in [-0.25, -0.2) is 4.57 Å². The molecule has 0 atom stereocenters. The molecule has 3 heteroatoms. The topological polar surface area (TPSA) is 44.0 Å². The van der Waals surface area contributed by atoms with Crippen molar-refractivity contribution in [1.82, 2.24) is 0 Å². The standard InChI is InChI=1S/C17H30N.C2H4O2/c1-3-5-6-7-8-9-11-15-18-16-12-10-14-17(18)13-4-2;1-2(3)4/h10,12,14,16H,3-9,11,13,15H2,1-2H3;1H3,(H,3,4)/q+1;/p-1. The molecule has 0 unspecified atom stereocenters. The van der Waals surface area contributed by atoms with Gasteiger partial charge in [0.1, 0.15) is 6.54 Å². The molecule has 0 aliphatic carbocycles. The Morgan fingerprint density at radius 3 is 2.18 bits per heavy atom. The lowest BCUT2D eigenvalue weighted by atomic mass is 10.1. The summed E-state index contributed by atoms with van der Waals surface area (Å²) >= 11 is 0. The molecule has 0 aliphatic rings. The maximum absolute atomic E-state index is 8.89. The fraction of sp³-hybridized carbons (Fsp3) is 0.684. The van der Waals surface area contributed by atoms with Crippen LogP contribution in [0.1, 0.15) is 77.8 Å². The summed E-state index contributed by atoms with van der Waals surface area (Å²) < 4.78 is 2.44. The summed E-state index contributed by atoms with van der Waals surface area (Å²) in [7, 11) is 0. The van der Waals surface area contributed by atoms with Crippen LogP contribution in [0.3, 0.4) is 0 Å². The van der Waals surface area contributed by atoms with E-state index in [9.17, 15) is 0 Å². The summed E-state index contributed by atoms with van der Waals surface area (Å²) in [6.45, 7) is 6.70. The molecule has 0 saturated carbocycles. The lowest BCUT2D eigenvalue weighted by Gasteiger charge is -2.03. The van der Waals surface area contributed by atoms with Crippen molar-refractivity contribution >= 4 is 5.97 Å². The fourth-order valence-electron chi connectivity index (χ4n) is 2.45. The van der Waals surface area contributed by atoms with Gasteiger partial charge in [0, 0.05) is 30.9 Å². The van der Waals surface area contributed by atoms with E-state index in [1.807, 2.05) is 0 Å². The van der Waals surface area contributed by atoms with Crippen molar-refractivity contribution in [1.29, 1.82) is 0 Å². The third kappa shape index (κ3) is 12.4. The number of pyridine rings is 1. The highest BCUT2D eigenvalue weighted by molar-refractivity contribution is 5.60. The summed E-state index contributed by atoms with van der Waals surface area (Å²) in [6, 6.07) is 6.58. The number of carbonyl (C=O) groups is 1. The van der Waals surface area contributed by atoms with Crippen LogP contribution in [0.2, 0.25) is 0 Å². The van der Waals surface area contributed by atoms with Crippen molar-refractivity contribution in [3.05, 3.63) is 30.1 Å². The van der Waals surface area contributed by atoms with E-state index in [1.165, 1.54) is 70.0 Å². The molecule has 0 spiro atoms. The van der Waals surface area contributed by atoms with Crippen molar-refractivity contribution in [3.8, 4) is 0 Å². The van der Waals surface area contributed by atoms with E-state index in [-0.39, 0.29) is 0 Å². The largest absolute Gasteiger partial charge is 0.550 e. The SMILES string of the molecule is CC(=O)[O-].CCCCCCCCC[n+]1ccccc1CCC. The highest BCUT2D eigenvalue weighted by Gasteiger charge is 2.07. The first kappa shape index (κ1) is 20.6. The first-order valence-corrected chi connectivity index (χ1v) is 8.76. The lowest BCUT2D eigenvalue weighted by molar-refractivity contribution is -0.704. The predicted octanol–water partition coefficient (Wildman–Crippen LogP) is 3.43. The van der Waals surface area contributed by atoms with E-state index in [1.54, 1.807) is 0 Å². The molecule has 1 aromatic heterocycles. The van der Waals surface area contributed by atoms with Gasteiger partial charge in [0.05, 0.1) is 0 Å². The van der Waals surface area contributed by atoms with E-state index in [2.05, 4.69) is 42.8 Å². The zero-order valence-electron chi connectivity index (χ0n) is 14.6. The monoisotopic (exact) mass is 307 g/mol. The van der Waals surface area contributed by atoms with Crippen LogP contribution in [0.4, 0.5) is 0 Å². The number of carboxylic acid groups (broad SMARTS) is 1. The number of carbonyl (C=O) groups excluding carboxylic acids is 1. The van der Waals surface area contributed by atoms with Gasteiger partial charge in [-0.2, -0.15) is 0 Å². The van der Waals surface area contributed by atoms with E-state index in [0.717, 1.165) is 6.92 Å². The molecule has 0 fully saturated rings. The summed E-state index contributed by atoms with van der Waals surface area (Å²) in [6.07, 6.45) is 14.4. The number of unbranched alkanes of at least 4 members (excludes halogenated alkanes) is 6. The van der Waals surface area contributed by atoms with Crippen molar-refractivity contribution < 1.29 is 14.5 Å². The molecule has 1 heterocycles. The average Bonchev–Trinajstić information content (AvgIpc) is 2.48. The summed E-state index contributed by atoms with van der Waals surface area (Å²) in [5, 5.41) is 8.89. The maximum atomic E-state index is 8.89. The van der Waals surface area contributed by atoms with Gasteiger partial charge in [-0.1, -0.05) is 52.0 Å². The van der Waals surface area contributed by atoms with Gasteiger partial charge in [0.2, 0.25) is 0 Å². The van der Waals surface area contributed by atoms with Gasteiger partial charge in [-0.15, -0.1) is 0 Å². The Bertz CT molecular complexity index is 387. The van der Waals surface area contributed by atoms with Gasteiger partial charge >= 0.3 is 0 Å². The van der Waals surface area contributed by atoms with Crippen LogP contribution >= 0.6 is 0 Å². The van der Waals surface area contributed by atoms with Crippen LogP contribution in [0, 0.1) is 0 Å². The number of rotatable bonds is 10. The first-order chi connectivity index (χ1) is 10.6. The normalized spacial score (nSPS) is 9.95. The Hall–Kier alpha value is -1.38. The molecule has 1 rings (SSSR count). The molecule has 0 amide bonds. The number of aliphatic carboxylic acids is 1. The Balaban J connectivity index is 0.000000980. The number of carboxylic acids is 1. The smallest absolute Gasteiger partial charge is 0.181 e. The average molecular weight is 307 g/mol. The van der Waals surface area contributed by atoms with Crippen molar-refractivity contribution in [2.75, 3.05) is 0 Å². The Morgan fingerprint density at radius 2 is 1.59 bits per heavy atom. The van der Waals surface area contributed by atoms with Crippen LogP contribution in [-0.4, -0.2) is 5.97 Å². The number of aromatic nitrogens is 1. The Kier molecular flexibility index (Phi) is 13.6. The first-order valence-electron chi connectivity index (χ1n) is 8.76. The third-order valence-electron chi connectivity index (χ3n) is 3.54. The number of aryl methyl sites for hydroxylation is 2. The second-order valence-corrected chi connectivity index (χ2v) is 5.75. The fourth-order valence-corrected chi connectivity index (χ4v) is 2.45. The second kappa shape index (κ2) is 14.6. The molecular formula is C19H33NO2. The molecule has 0 bridgehead atoms. The van der Waals surface area contributed by atoms with Crippen LogP contribution in [-0.2, 0) is 17.8 Å². The maximum Gasteiger partial charge on any atom is 0.181 e. The molecular weight excluding hydrogens is 274 g/mol. The Labute approximate surface area is 136 Å². The van der Waals surface area contributed by atoms with Gasteiger partial charge in [0.15, 0.2) is 11.9 Å². The molecule has 0 saturated heterocycles. The van der Waals surface area contributed by atoms with Crippen molar-refractivity contribution in [2.45, 2.75) is 85.1 Å². The third-order valence-corrected chi connectivity index (χ3v) is 3.54. The predicted molar refractivity (Wildman–Crippen MR) is 89.3 cm³/mol. The molecule has 3 nitrogen and oxygen atoms in total. The van der Waals surface area contributed by atoms with Crippen molar-refractivity contribution in [2.24, 2.45) is 0 Å². The molecule has 0 aromatic carbocycles. The van der Waals surface area contributed by atoms with Gasteiger partial charge in [-0.3, -0.25) is 0 Å². The number of hydrogen-bond acceptors (Lipinski definition) is 2. The minimum absolute atomic E-state index is 0.972. The number of hydrogen-bond donors (Lipinski definition) is 0. The second-order valence-electron chi connectivity index (χ2n) is 5.75. The minimum Gasteiger partial charge on any atom is -0.550 e. The molecule has 126 valence electrons. The van der Waals surface area contributed by atoms with Gasteiger partial charge < -0.3 is 9.90 Å². The van der Waals surface area contributed by atoms with Gasteiger partial charge in [0.25, 0.3) is 0 Å². The zero-order chi connectivity index (χ0) is 16.6. The summed E-state index contributed by atoms with van der Waals surface area (Å²) in [4.78, 5) is 8.89. The van der Waals surface area contributed by atoms with Crippen LogP contribution in [0.15, 0.2) is 24.4 Å². The minimum atomic E-state index is -1.08. The Morgan fingerprint density at radius 1 is 1.00 bits per heavy atom. The van der Waals surface area contributed by atoms with E-state index < -0.39 is 5.97 Å². The summed E-state index contributed by atoms with van der Waals surface area (Å²) in [5.41, 5.74) is 1.49. The molecule has 22 heavy (non-hydrogen) atoms. The van der Waals surface area contributed by atoms with E-state index >= 15 is 0 Å². The molecule has 0 radical (unpaired) electrons. The van der Waals surface area contributed by atoms with Crippen LogP contribution in [0.5, 0.6) is 0 Å². The van der Waals surface area contributed by atoms with Crippen molar-refractivity contribution in [3.63, 3.8) is 0 Å². The van der Waals surface area contributed by atoms with Crippen LogP contribution < -0.4 is 9.67 Å². The number of nitrogens with zero attached hydrogens (tertiary/aromatic N) is 1. The molecule has 0 aliphatic heterocycles. The highest BCUT2D eigenvalue weighted by atomic mass is 16.4. The van der Waals surface area contributed by atoms with Gasteiger partial charge in [-0.05, 0) is 19.8 Å². The van der Waals surface area contributed by atoms with Crippen LogP contribution in [0.25, 0.3) is 0 Å². The lowest BCUT2D eigenvalue weighted by Crippen LogP contribution is -2.37. The highest BCUT2D eigenvalue weighted by Crippen LogP contribution is 2.07. The molecule has 0 N–H and O–H groups in total. The molecule has 1 aromatic rings. The van der Waals surface area contributed by atoms with E-state index in [0.29, 0.717) is 0 Å². The zero-order valence-corrected chi connectivity index (χ0v) is 14.6.